The van der Waals surface area contributed by atoms with E-state index in [1.807, 2.05) is 0 Å². The largest absolute Gasteiger partial charge is 0.496 e. The standard InChI is InChI=1S/C18H18ClFN2O4/c1-22(9-11-4-3-5-12(20)6-11)17(23)10-26-18(24)13-7-14(19)15(21)8-16(13)25-2/h3-8H,9-10,21H2,1-2H3. The van der Waals surface area contributed by atoms with Gasteiger partial charge in [-0.3, -0.25) is 4.79 Å². The van der Waals surface area contributed by atoms with Crippen molar-refractivity contribution in [2.24, 2.45) is 0 Å². The van der Waals surface area contributed by atoms with Gasteiger partial charge in [0, 0.05) is 19.7 Å². The van der Waals surface area contributed by atoms with Crippen LogP contribution in [0.25, 0.3) is 0 Å². The molecule has 2 aromatic rings. The fourth-order valence-electron chi connectivity index (χ4n) is 2.21. The molecule has 26 heavy (non-hydrogen) atoms. The van der Waals surface area contributed by atoms with Gasteiger partial charge in [-0.15, -0.1) is 0 Å². The minimum atomic E-state index is -0.767. The Morgan fingerprint density at radius 1 is 1.27 bits per heavy atom. The summed E-state index contributed by atoms with van der Waals surface area (Å²) in [6.07, 6.45) is 0. The fraction of sp³-hybridized carbons (Fsp3) is 0.222. The normalized spacial score (nSPS) is 10.3. The molecule has 2 aromatic carbocycles. The van der Waals surface area contributed by atoms with E-state index in [-0.39, 0.29) is 34.4 Å². The van der Waals surface area contributed by atoms with Crippen LogP contribution in [0.3, 0.4) is 0 Å². The molecule has 0 bridgehead atoms. The first-order valence-electron chi connectivity index (χ1n) is 7.60. The van der Waals surface area contributed by atoms with E-state index in [0.29, 0.717) is 5.56 Å². The lowest BCUT2D eigenvalue weighted by atomic mass is 10.2. The first kappa shape index (κ1) is 19.5. The zero-order valence-electron chi connectivity index (χ0n) is 14.3. The molecule has 0 aliphatic carbocycles. The molecule has 0 radical (unpaired) electrons. The van der Waals surface area contributed by atoms with Gasteiger partial charge >= 0.3 is 5.97 Å². The van der Waals surface area contributed by atoms with Gasteiger partial charge in [0.2, 0.25) is 0 Å². The summed E-state index contributed by atoms with van der Waals surface area (Å²) in [5, 5.41) is 0.173. The number of nitrogens with zero attached hydrogens (tertiary/aromatic N) is 1. The first-order chi connectivity index (χ1) is 12.3. The lowest BCUT2D eigenvalue weighted by molar-refractivity contribution is -0.133. The van der Waals surface area contributed by atoms with Crippen LogP contribution in [0, 0.1) is 5.82 Å². The van der Waals surface area contributed by atoms with Crippen molar-refractivity contribution >= 4 is 29.2 Å². The van der Waals surface area contributed by atoms with Gasteiger partial charge in [-0.1, -0.05) is 23.7 Å². The zero-order valence-corrected chi connectivity index (χ0v) is 15.0. The number of benzene rings is 2. The molecule has 0 aliphatic heterocycles. The summed E-state index contributed by atoms with van der Waals surface area (Å²) in [6.45, 7) is -0.291. The number of amides is 1. The number of halogens is 2. The number of esters is 1. The van der Waals surface area contributed by atoms with E-state index in [1.54, 1.807) is 12.1 Å². The monoisotopic (exact) mass is 380 g/mol. The minimum absolute atomic E-state index is 0.0623. The van der Waals surface area contributed by atoms with Crippen molar-refractivity contribution in [3.05, 3.63) is 58.4 Å². The van der Waals surface area contributed by atoms with Crippen LogP contribution in [0.5, 0.6) is 5.75 Å². The van der Waals surface area contributed by atoms with E-state index in [9.17, 15) is 14.0 Å². The number of carbonyl (C=O) groups excluding carboxylic acids is 2. The van der Waals surface area contributed by atoms with Crippen molar-refractivity contribution in [1.82, 2.24) is 4.90 Å². The Morgan fingerprint density at radius 3 is 2.65 bits per heavy atom. The molecule has 8 heteroatoms. The molecule has 0 atom stereocenters. The average Bonchev–Trinajstić information content (AvgIpc) is 2.61. The van der Waals surface area contributed by atoms with Crippen LogP contribution in [0.15, 0.2) is 36.4 Å². The number of ether oxygens (including phenoxy) is 2. The molecule has 6 nitrogen and oxygen atoms in total. The number of hydrogen-bond acceptors (Lipinski definition) is 5. The Balaban J connectivity index is 1.98. The molecule has 0 fully saturated rings. The minimum Gasteiger partial charge on any atom is -0.496 e. The fourth-order valence-corrected chi connectivity index (χ4v) is 2.37. The van der Waals surface area contributed by atoms with Gasteiger partial charge in [0.05, 0.1) is 17.8 Å². The highest BCUT2D eigenvalue weighted by atomic mass is 35.5. The van der Waals surface area contributed by atoms with Crippen molar-refractivity contribution < 1.29 is 23.5 Å². The molecule has 138 valence electrons. The lowest BCUT2D eigenvalue weighted by Gasteiger charge is -2.17. The number of anilines is 1. The molecule has 2 N–H and O–H groups in total. The number of hydrogen-bond donors (Lipinski definition) is 1. The van der Waals surface area contributed by atoms with Crippen LogP contribution >= 0.6 is 11.6 Å². The van der Waals surface area contributed by atoms with Gasteiger partial charge in [0.1, 0.15) is 17.1 Å². The molecular weight excluding hydrogens is 363 g/mol. The average molecular weight is 381 g/mol. The Morgan fingerprint density at radius 2 is 2.00 bits per heavy atom. The molecule has 0 aliphatic rings. The van der Waals surface area contributed by atoms with E-state index >= 15 is 0 Å². The van der Waals surface area contributed by atoms with Crippen molar-refractivity contribution in [2.45, 2.75) is 6.54 Å². The van der Waals surface area contributed by atoms with Crippen LogP contribution in [-0.2, 0) is 16.1 Å². The van der Waals surface area contributed by atoms with Crippen molar-refractivity contribution in [1.29, 1.82) is 0 Å². The van der Waals surface area contributed by atoms with E-state index in [0.717, 1.165) is 0 Å². The smallest absolute Gasteiger partial charge is 0.342 e. The predicted molar refractivity (Wildman–Crippen MR) is 95.6 cm³/mol. The summed E-state index contributed by atoms with van der Waals surface area (Å²) < 4.78 is 23.3. The second-order valence-electron chi connectivity index (χ2n) is 5.53. The molecule has 0 saturated heterocycles. The summed E-state index contributed by atoms with van der Waals surface area (Å²) in [6, 6.07) is 8.62. The van der Waals surface area contributed by atoms with E-state index < -0.39 is 18.5 Å². The maximum absolute atomic E-state index is 13.2. The Hall–Kier alpha value is -2.80. The SMILES string of the molecule is COc1cc(N)c(Cl)cc1C(=O)OCC(=O)N(C)Cc1cccc(F)c1. The highest BCUT2D eigenvalue weighted by Crippen LogP contribution is 2.29. The zero-order chi connectivity index (χ0) is 19.3. The number of nitrogen functional groups attached to an aromatic ring is 1. The summed E-state index contributed by atoms with van der Waals surface area (Å²) >= 11 is 5.91. The van der Waals surface area contributed by atoms with Crippen molar-refractivity contribution in [3.63, 3.8) is 0 Å². The van der Waals surface area contributed by atoms with Gasteiger partial charge in [-0.25, -0.2) is 9.18 Å². The molecule has 0 unspecified atom stereocenters. The molecule has 2 rings (SSSR count). The summed E-state index contributed by atoms with van der Waals surface area (Å²) in [7, 11) is 2.90. The molecule has 0 saturated carbocycles. The second-order valence-corrected chi connectivity index (χ2v) is 5.94. The maximum atomic E-state index is 13.2. The molecule has 0 aromatic heterocycles. The van der Waals surface area contributed by atoms with Crippen LogP contribution in [-0.4, -0.2) is 37.5 Å². The second kappa shape index (κ2) is 8.53. The highest BCUT2D eigenvalue weighted by Gasteiger charge is 2.19. The number of methoxy groups -OCH3 is 1. The maximum Gasteiger partial charge on any atom is 0.342 e. The van der Waals surface area contributed by atoms with Crippen molar-refractivity contribution in [3.8, 4) is 5.75 Å². The Bertz CT molecular complexity index is 829. The summed E-state index contributed by atoms with van der Waals surface area (Å²) in [4.78, 5) is 25.6. The number of likely N-dealkylation sites (N-methyl/N-ethyl adjacent to an activating group) is 1. The van der Waals surface area contributed by atoms with E-state index in [4.69, 9.17) is 26.8 Å². The summed E-state index contributed by atoms with van der Waals surface area (Å²) in [5.41, 5.74) is 6.60. The molecule has 0 heterocycles. The van der Waals surface area contributed by atoms with Crippen LogP contribution in [0.1, 0.15) is 15.9 Å². The third-order valence-corrected chi connectivity index (χ3v) is 3.93. The van der Waals surface area contributed by atoms with Crippen LogP contribution in [0.4, 0.5) is 10.1 Å². The van der Waals surface area contributed by atoms with E-state index in [1.165, 1.54) is 43.3 Å². The van der Waals surface area contributed by atoms with Gasteiger partial charge in [-0.2, -0.15) is 0 Å². The first-order valence-corrected chi connectivity index (χ1v) is 7.98. The van der Waals surface area contributed by atoms with Gasteiger partial charge < -0.3 is 20.1 Å². The van der Waals surface area contributed by atoms with Crippen LogP contribution in [0.2, 0.25) is 5.02 Å². The topological polar surface area (TPSA) is 81.9 Å². The third kappa shape index (κ3) is 4.86. The van der Waals surface area contributed by atoms with Crippen LogP contribution < -0.4 is 10.5 Å². The molecule has 1 amide bonds. The number of rotatable bonds is 6. The summed E-state index contributed by atoms with van der Waals surface area (Å²) in [5.74, 6) is -1.40. The molecular formula is C18H18ClFN2O4. The Kier molecular flexibility index (Phi) is 6.41. The van der Waals surface area contributed by atoms with Gasteiger partial charge in [-0.05, 0) is 23.8 Å². The third-order valence-electron chi connectivity index (χ3n) is 3.60. The highest BCUT2D eigenvalue weighted by molar-refractivity contribution is 6.33. The predicted octanol–water partition coefficient (Wildman–Crippen LogP) is 2.89. The number of nitrogens with two attached hydrogens (primary N) is 1. The quantitative estimate of drug-likeness (QED) is 0.615. The van der Waals surface area contributed by atoms with E-state index in [2.05, 4.69) is 0 Å². The molecule has 0 spiro atoms. The lowest BCUT2D eigenvalue weighted by Crippen LogP contribution is -2.30. The van der Waals surface area contributed by atoms with Crippen molar-refractivity contribution in [2.75, 3.05) is 26.5 Å². The van der Waals surface area contributed by atoms with Gasteiger partial charge in [0.15, 0.2) is 6.61 Å². The number of carbonyl (C=O) groups is 2. The van der Waals surface area contributed by atoms with Gasteiger partial charge in [0.25, 0.3) is 5.91 Å². The Labute approximate surface area is 155 Å².